The van der Waals surface area contributed by atoms with E-state index in [1.54, 1.807) is 24.3 Å². The molecule has 2 N–H and O–H groups in total. The second kappa shape index (κ2) is 8.52. The van der Waals surface area contributed by atoms with Crippen LogP contribution >= 0.6 is 0 Å². The van der Waals surface area contributed by atoms with Crippen LogP contribution in [0.1, 0.15) is 39.7 Å². The van der Waals surface area contributed by atoms with E-state index in [-0.39, 0.29) is 23.7 Å². The van der Waals surface area contributed by atoms with Crippen molar-refractivity contribution in [2.75, 3.05) is 17.2 Å². The smallest absolute Gasteiger partial charge is 0.233 e. The summed E-state index contributed by atoms with van der Waals surface area (Å²) in [6.45, 7) is 8.73. The second-order valence-corrected chi connectivity index (χ2v) is 7.03. The summed E-state index contributed by atoms with van der Waals surface area (Å²) in [4.78, 5) is 24.3. The van der Waals surface area contributed by atoms with Crippen molar-refractivity contribution in [3.63, 3.8) is 0 Å². The molecule has 0 spiro atoms. The van der Waals surface area contributed by atoms with Gasteiger partial charge in [-0.3, -0.25) is 9.59 Å². The van der Waals surface area contributed by atoms with E-state index in [0.717, 1.165) is 17.0 Å². The zero-order valence-electron chi connectivity index (χ0n) is 15.8. The Morgan fingerprint density at radius 1 is 0.923 bits per heavy atom. The normalized spacial score (nSPS) is 10.9. The molecule has 0 bridgehead atoms. The molecule has 5 heteroatoms. The van der Waals surface area contributed by atoms with Gasteiger partial charge >= 0.3 is 0 Å². The molecule has 0 radical (unpaired) electrons. The highest BCUT2D eigenvalue weighted by Gasteiger charge is 2.19. The molecular weight excluding hydrogens is 328 g/mol. The predicted molar refractivity (Wildman–Crippen MR) is 105 cm³/mol. The van der Waals surface area contributed by atoms with Crippen LogP contribution < -0.4 is 15.4 Å². The van der Waals surface area contributed by atoms with Crippen LogP contribution in [0.2, 0.25) is 0 Å². The lowest BCUT2D eigenvalue weighted by Gasteiger charge is -2.22. The molecule has 0 unspecified atom stereocenters. The third-order valence-electron chi connectivity index (χ3n) is 3.78. The quantitative estimate of drug-likeness (QED) is 0.758. The van der Waals surface area contributed by atoms with Gasteiger partial charge in [0.2, 0.25) is 11.8 Å². The molecule has 0 saturated heterocycles. The summed E-state index contributed by atoms with van der Waals surface area (Å²) in [7, 11) is 0. The molecule has 0 aromatic heterocycles. The SMILES string of the molecule is CCOc1ccc(NC(=O)CC(=O)Nc2ccccc2C(C)(C)C)cc1. The summed E-state index contributed by atoms with van der Waals surface area (Å²) in [5.41, 5.74) is 2.29. The van der Waals surface area contributed by atoms with Crippen LogP contribution in [0.5, 0.6) is 5.75 Å². The molecule has 0 aliphatic rings. The maximum atomic E-state index is 12.2. The Morgan fingerprint density at radius 3 is 2.15 bits per heavy atom. The molecular formula is C21H26N2O3. The van der Waals surface area contributed by atoms with Gasteiger partial charge in [0.25, 0.3) is 0 Å². The Kier molecular flexibility index (Phi) is 6.39. The average molecular weight is 354 g/mol. The van der Waals surface area contributed by atoms with Crippen molar-refractivity contribution >= 4 is 23.2 Å². The largest absolute Gasteiger partial charge is 0.494 e. The first-order valence-electron chi connectivity index (χ1n) is 8.71. The maximum Gasteiger partial charge on any atom is 0.233 e. The van der Waals surface area contributed by atoms with Gasteiger partial charge in [0.15, 0.2) is 0 Å². The van der Waals surface area contributed by atoms with Crippen LogP contribution in [-0.4, -0.2) is 18.4 Å². The third kappa shape index (κ3) is 5.62. The maximum absolute atomic E-state index is 12.2. The van der Waals surface area contributed by atoms with E-state index < -0.39 is 0 Å². The van der Waals surface area contributed by atoms with Crippen LogP contribution in [0.4, 0.5) is 11.4 Å². The molecule has 0 atom stereocenters. The van der Waals surface area contributed by atoms with E-state index in [1.807, 2.05) is 31.2 Å². The summed E-state index contributed by atoms with van der Waals surface area (Å²) in [5, 5.41) is 5.56. The Balaban J connectivity index is 1.95. The number of carbonyl (C=O) groups is 2. The molecule has 0 heterocycles. The molecule has 2 amide bonds. The lowest BCUT2D eigenvalue weighted by atomic mass is 9.86. The number of carbonyl (C=O) groups excluding carboxylic acids is 2. The van der Waals surface area contributed by atoms with Crippen LogP contribution in [0.3, 0.4) is 0 Å². The standard InChI is InChI=1S/C21H26N2O3/c1-5-26-16-12-10-15(11-13-16)22-19(24)14-20(25)23-18-9-7-6-8-17(18)21(2,3)4/h6-13H,5,14H2,1-4H3,(H,22,24)(H,23,25). The lowest BCUT2D eigenvalue weighted by molar-refractivity contribution is -0.123. The minimum absolute atomic E-state index is 0.103. The minimum atomic E-state index is -0.361. The van der Waals surface area contributed by atoms with Crippen molar-refractivity contribution in [1.82, 2.24) is 0 Å². The van der Waals surface area contributed by atoms with Crippen molar-refractivity contribution in [3.05, 3.63) is 54.1 Å². The van der Waals surface area contributed by atoms with Gasteiger partial charge in [0.1, 0.15) is 12.2 Å². The van der Waals surface area contributed by atoms with E-state index in [2.05, 4.69) is 31.4 Å². The van der Waals surface area contributed by atoms with Gasteiger partial charge in [-0.1, -0.05) is 39.0 Å². The molecule has 138 valence electrons. The molecule has 0 aliphatic carbocycles. The van der Waals surface area contributed by atoms with Crippen molar-refractivity contribution in [2.45, 2.75) is 39.5 Å². The number of ether oxygens (including phenoxy) is 1. The van der Waals surface area contributed by atoms with Gasteiger partial charge in [0, 0.05) is 11.4 Å². The fraction of sp³-hybridized carbons (Fsp3) is 0.333. The average Bonchev–Trinajstić information content (AvgIpc) is 2.56. The van der Waals surface area contributed by atoms with E-state index in [1.165, 1.54) is 0 Å². The monoisotopic (exact) mass is 354 g/mol. The molecule has 26 heavy (non-hydrogen) atoms. The summed E-state index contributed by atoms with van der Waals surface area (Å²) < 4.78 is 5.36. The van der Waals surface area contributed by atoms with Crippen molar-refractivity contribution in [1.29, 1.82) is 0 Å². The molecule has 2 aromatic rings. The fourth-order valence-electron chi connectivity index (χ4n) is 2.59. The Morgan fingerprint density at radius 2 is 1.54 bits per heavy atom. The van der Waals surface area contributed by atoms with Gasteiger partial charge < -0.3 is 15.4 Å². The number of hydrogen-bond acceptors (Lipinski definition) is 3. The van der Waals surface area contributed by atoms with Crippen molar-refractivity contribution in [2.24, 2.45) is 0 Å². The van der Waals surface area contributed by atoms with Crippen LogP contribution in [-0.2, 0) is 15.0 Å². The molecule has 0 saturated carbocycles. The van der Waals surface area contributed by atoms with Crippen LogP contribution in [0, 0.1) is 0 Å². The first-order valence-corrected chi connectivity index (χ1v) is 8.71. The van der Waals surface area contributed by atoms with Crippen LogP contribution in [0.15, 0.2) is 48.5 Å². The first-order chi connectivity index (χ1) is 12.3. The minimum Gasteiger partial charge on any atom is -0.494 e. The zero-order chi connectivity index (χ0) is 19.2. The van der Waals surface area contributed by atoms with Gasteiger partial charge in [-0.05, 0) is 48.2 Å². The van der Waals surface area contributed by atoms with E-state index >= 15 is 0 Å². The Bertz CT molecular complexity index is 762. The summed E-state index contributed by atoms with van der Waals surface area (Å²) in [5.74, 6) is 0.0343. The van der Waals surface area contributed by atoms with Gasteiger partial charge in [-0.15, -0.1) is 0 Å². The number of amides is 2. The molecule has 2 rings (SSSR count). The van der Waals surface area contributed by atoms with Gasteiger partial charge in [0.05, 0.1) is 6.61 Å². The third-order valence-corrected chi connectivity index (χ3v) is 3.78. The fourth-order valence-corrected chi connectivity index (χ4v) is 2.59. The number of rotatable bonds is 6. The number of hydrogen-bond donors (Lipinski definition) is 2. The Labute approximate surface area is 154 Å². The number of anilines is 2. The Hall–Kier alpha value is -2.82. The van der Waals surface area contributed by atoms with Crippen molar-refractivity contribution in [3.8, 4) is 5.75 Å². The zero-order valence-corrected chi connectivity index (χ0v) is 15.8. The highest BCUT2D eigenvalue weighted by molar-refractivity contribution is 6.08. The predicted octanol–water partition coefficient (Wildman–Crippen LogP) is 4.35. The lowest BCUT2D eigenvalue weighted by Crippen LogP contribution is -2.23. The van der Waals surface area contributed by atoms with E-state index in [0.29, 0.717) is 12.3 Å². The van der Waals surface area contributed by atoms with Gasteiger partial charge in [-0.2, -0.15) is 0 Å². The number of benzene rings is 2. The second-order valence-electron chi connectivity index (χ2n) is 7.03. The topological polar surface area (TPSA) is 67.4 Å². The van der Waals surface area contributed by atoms with E-state index in [9.17, 15) is 9.59 Å². The number of para-hydroxylation sites is 1. The van der Waals surface area contributed by atoms with Gasteiger partial charge in [-0.25, -0.2) is 0 Å². The first kappa shape index (κ1) is 19.5. The summed E-state index contributed by atoms with van der Waals surface area (Å²) in [6.07, 6.45) is -0.244. The molecule has 2 aromatic carbocycles. The molecule has 0 fully saturated rings. The highest BCUT2D eigenvalue weighted by atomic mass is 16.5. The summed E-state index contributed by atoms with van der Waals surface area (Å²) >= 11 is 0. The van der Waals surface area contributed by atoms with E-state index in [4.69, 9.17) is 4.74 Å². The van der Waals surface area contributed by atoms with Crippen molar-refractivity contribution < 1.29 is 14.3 Å². The van der Waals surface area contributed by atoms with Crippen LogP contribution in [0.25, 0.3) is 0 Å². The number of nitrogens with one attached hydrogen (secondary N) is 2. The molecule has 0 aliphatic heterocycles. The summed E-state index contributed by atoms with van der Waals surface area (Å²) in [6, 6.07) is 14.7. The highest BCUT2D eigenvalue weighted by Crippen LogP contribution is 2.29. The molecule has 5 nitrogen and oxygen atoms in total.